The van der Waals surface area contributed by atoms with Gasteiger partial charge in [0.1, 0.15) is 0 Å². The summed E-state index contributed by atoms with van der Waals surface area (Å²) < 4.78 is 36.8. The molecule has 0 saturated carbocycles. The van der Waals surface area contributed by atoms with Crippen LogP contribution in [0.2, 0.25) is 19.1 Å². The Morgan fingerprint density at radius 2 is 1.55 bits per heavy atom. The first-order chi connectivity index (χ1) is 4.67. The average Bonchev–Trinajstić information content (AvgIpc) is 1.56. The lowest BCUT2D eigenvalue weighted by molar-refractivity contribution is -0.0566. The van der Waals surface area contributed by atoms with Gasteiger partial charge in [0.2, 0.25) is 0 Å². The molecule has 0 aromatic heterocycles. The van der Waals surface area contributed by atoms with Gasteiger partial charge in [-0.3, -0.25) is 0 Å². The van der Waals surface area contributed by atoms with E-state index in [1.807, 2.05) is 13.8 Å². The van der Waals surface area contributed by atoms with Crippen LogP contribution >= 0.6 is 0 Å². The smallest absolute Gasteiger partial charge is 0.177 e. The Balaban J connectivity index is 4.22. The molecule has 0 amide bonds. The first-order valence-electron chi connectivity index (χ1n) is 3.73. The zero-order valence-corrected chi connectivity index (χ0v) is 8.42. The number of hydrogen-bond donors (Lipinski definition) is 0. The van der Waals surface area contributed by atoms with Crippen molar-refractivity contribution in [2.24, 2.45) is 5.92 Å². The van der Waals surface area contributed by atoms with Crippen LogP contribution in [-0.2, 0) is 0 Å². The predicted molar refractivity (Wildman–Crippen MR) is 43.2 cm³/mol. The van der Waals surface area contributed by atoms with Crippen LogP contribution in [0, 0.1) is 5.92 Å². The molecule has 0 bridgehead atoms. The van der Waals surface area contributed by atoms with E-state index in [9.17, 15) is 13.2 Å². The first-order valence-corrected chi connectivity index (χ1v) is 6.94. The summed E-state index contributed by atoms with van der Waals surface area (Å²) in [6.07, 6.45) is 0. The molecule has 0 saturated heterocycles. The number of halogens is 3. The molecule has 11 heavy (non-hydrogen) atoms. The van der Waals surface area contributed by atoms with Crippen molar-refractivity contribution < 1.29 is 13.2 Å². The Morgan fingerprint density at radius 3 is 1.64 bits per heavy atom. The Kier molecular flexibility index (Phi) is 3.17. The van der Waals surface area contributed by atoms with Gasteiger partial charge in [-0.1, -0.05) is 26.9 Å². The molecule has 0 heterocycles. The SMILES string of the molecule is CC(C)C[Si](C)(C)C(F)(F)F. The maximum atomic E-state index is 12.3. The molecule has 4 heteroatoms. The highest BCUT2D eigenvalue weighted by Gasteiger charge is 2.49. The molecule has 0 aliphatic carbocycles. The van der Waals surface area contributed by atoms with Gasteiger partial charge in [-0.15, -0.1) is 0 Å². The summed E-state index contributed by atoms with van der Waals surface area (Å²) >= 11 is 0. The van der Waals surface area contributed by atoms with Gasteiger partial charge in [0.15, 0.2) is 8.07 Å². The Hall–Kier alpha value is 0.00688. The molecule has 0 aromatic carbocycles. The average molecular weight is 184 g/mol. The fraction of sp³-hybridized carbons (Fsp3) is 1.00. The molecule has 0 radical (unpaired) electrons. The van der Waals surface area contributed by atoms with Crippen molar-refractivity contribution in [3.05, 3.63) is 0 Å². The number of hydrogen-bond acceptors (Lipinski definition) is 0. The van der Waals surface area contributed by atoms with Gasteiger partial charge >= 0.3 is 5.80 Å². The molecule has 0 nitrogen and oxygen atoms in total. The minimum Gasteiger partial charge on any atom is -0.177 e. The molecule has 0 aliphatic heterocycles. The van der Waals surface area contributed by atoms with Gasteiger partial charge in [-0.2, -0.15) is 13.2 Å². The van der Waals surface area contributed by atoms with Gasteiger partial charge in [0.25, 0.3) is 0 Å². The molecule has 0 unspecified atom stereocenters. The predicted octanol–water partition coefficient (Wildman–Crippen LogP) is 3.45. The summed E-state index contributed by atoms with van der Waals surface area (Å²) in [5.74, 6) is -3.78. The second-order valence-corrected chi connectivity index (χ2v) is 8.72. The summed E-state index contributed by atoms with van der Waals surface area (Å²) in [7, 11) is -2.97. The van der Waals surface area contributed by atoms with Crippen molar-refractivity contribution in [1.82, 2.24) is 0 Å². The summed E-state index contributed by atoms with van der Waals surface area (Å²) in [6.45, 7) is 6.43. The van der Waals surface area contributed by atoms with Gasteiger partial charge in [0, 0.05) is 0 Å². The number of rotatable bonds is 2. The van der Waals surface area contributed by atoms with Gasteiger partial charge in [-0.05, 0) is 12.0 Å². The normalized spacial score (nSPS) is 14.2. The molecular weight excluding hydrogens is 169 g/mol. The third-order valence-corrected chi connectivity index (χ3v) is 5.06. The Labute approximate surface area is 66.8 Å². The van der Waals surface area contributed by atoms with Crippen LogP contribution in [-0.4, -0.2) is 13.9 Å². The van der Waals surface area contributed by atoms with Crippen molar-refractivity contribution in [3.63, 3.8) is 0 Å². The van der Waals surface area contributed by atoms with Crippen molar-refractivity contribution >= 4 is 8.07 Å². The van der Waals surface area contributed by atoms with E-state index in [2.05, 4.69) is 0 Å². The standard InChI is InChI=1S/C7H15F3Si/c1-6(2)5-11(3,4)7(8,9)10/h6H,5H2,1-4H3. The minimum absolute atomic E-state index is 0.151. The zero-order valence-electron chi connectivity index (χ0n) is 7.42. The molecule has 0 atom stereocenters. The van der Waals surface area contributed by atoms with E-state index in [1.54, 1.807) is 0 Å². The molecule has 0 aromatic rings. The molecule has 0 fully saturated rings. The monoisotopic (exact) mass is 184 g/mol. The van der Waals surface area contributed by atoms with Crippen molar-refractivity contribution in [1.29, 1.82) is 0 Å². The second-order valence-electron chi connectivity index (χ2n) is 3.98. The van der Waals surface area contributed by atoms with E-state index >= 15 is 0 Å². The largest absolute Gasteiger partial charge is 0.361 e. The van der Waals surface area contributed by atoms with Crippen molar-refractivity contribution in [2.75, 3.05) is 0 Å². The fourth-order valence-corrected chi connectivity index (χ4v) is 3.41. The van der Waals surface area contributed by atoms with Crippen LogP contribution < -0.4 is 0 Å². The highest BCUT2D eigenvalue weighted by atomic mass is 28.3. The lowest BCUT2D eigenvalue weighted by atomic mass is 10.3. The lowest BCUT2D eigenvalue weighted by Crippen LogP contribution is -2.45. The minimum atomic E-state index is -3.93. The summed E-state index contributed by atoms with van der Waals surface area (Å²) in [6, 6.07) is 0.330. The van der Waals surface area contributed by atoms with E-state index in [0.717, 1.165) is 0 Å². The molecule has 0 aliphatic rings. The van der Waals surface area contributed by atoms with Crippen LogP contribution in [0.4, 0.5) is 13.2 Å². The quantitative estimate of drug-likeness (QED) is 0.577. The van der Waals surface area contributed by atoms with Crippen molar-refractivity contribution in [3.8, 4) is 0 Å². The number of alkyl halides is 3. The Bertz CT molecular complexity index is 126. The van der Waals surface area contributed by atoms with E-state index in [-0.39, 0.29) is 5.92 Å². The van der Waals surface area contributed by atoms with E-state index in [1.165, 1.54) is 13.1 Å². The topological polar surface area (TPSA) is 0 Å². The van der Waals surface area contributed by atoms with Gasteiger partial charge in [0.05, 0.1) is 0 Å². The van der Waals surface area contributed by atoms with E-state index in [4.69, 9.17) is 0 Å². The lowest BCUT2D eigenvalue weighted by Gasteiger charge is -2.26. The van der Waals surface area contributed by atoms with Crippen LogP contribution in [0.3, 0.4) is 0 Å². The van der Waals surface area contributed by atoms with E-state index in [0.29, 0.717) is 6.04 Å². The van der Waals surface area contributed by atoms with Crippen LogP contribution in [0.5, 0.6) is 0 Å². The maximum absolute atomic E-state index is 12.3. The van der Waals surface area contributed by atoms with Crippen LogP contribution in [0.15, 0.2) is 0 Å². The third-order valence-electron chi connectivity index (χ3n) is 1.69. The molecule has 0 rings (SSSR count). The molecule has 0 spiro atoms. The second kappa shape index (κ2) is 3.17. The first kappa shape index (κ1) is 11.0. The molecular formula is C7H15F3Si. The van der Waals surface area contributed by atoms with Gasteiger partial charge < -0.3 is 0 Å². The zero-order chi connectivity index (χ0) is 9.28. The van der Waals surface area contributed by atoms with Gasteiger partial charge in [-0.25, -0.2) is 0 Å². The fourth-order valence-electron chi connectivity index (χ4n) is 1.14. The van der Waals surface area contributed by atoms with Crippen LogP contribution in [0.25, 0.3) is 0 Å². The molecule has 0 N–H and O–H groups in total. The third kappa shape index (κ3) is 3.27. The summed E-state index contributed by atoms with van der Waals surface area (Å²) in [4.78, 5) is 0. The van der Waals surface area contributed by atoms with E-state index < -0.39 is 13.9 Å². The Morgan fingerprint density at radius 1 is 1.18 bits per heavy atom. The van der Waals surface area contributed by atoms with Crippen molar-refractivity contribution in [2.45, 2.75) is 38.8 Å². The summed E-state index contributed by atoms with van der Waals surface area (Å²) in [5.41, 5.74) is 0. The highest BCUT2D eigenvalue weighted by molar-refractivity contribution is 6.79. The maximum Gasteiger partial charge on any atom is 0.361 e. The highest BCUT2D eigenvalue weighted by Crippen LogP contribution is 2.33. The molecule has 68 valence electrons. The summed E-state index contributed by atoms with van der Waals surface area (Å²) in [5, 5.41) is 0. The van der Waals surface area contributed by atoms with Crippen LogP contribution in [0.1, 0.15) is 13.8 Å².